The van der Waals surface area contributed by atoms with E-state index in [-0.39, 0.29) is 61.1 Å². The number of unbranched alkanes of at least 4 members (excludes halogenated alkanes) is 2. The molecule has 72 heavy (non-hydrogen) atoms. The molecule has 11 heteroatoms. The summed E-state index contributed by atoms with van der Waals surface area (Å²) in [5, 5.41) is 42.2. The van der Waals surface area contributed by atoms with Crippen molar-refractivity contribution in [2.24, 2.45) is 63.1 Å². The lowest BCUT2D eigenvalue weighted by Gasteiger charge is -2.73. The van der Waals surface area contributed by atoms with Gasteiger partial charge >= 0.3 is 11.9 Å². The fraction of sp³-hybridized carbons (Fsp3) is 0.705. The summed E-state index contributed by atoms with van der Waals surface area (Å²) in [6.07, 6.45) is 14.4. The van der Waals surface area contributed by atoms with Crippen LogP contribution < -0.4 is 10.9 Å². The number of hydrogen-bond donors (Lipinski definition) is 5. The van der Waals surface area contributed by atoms with Crippen molar-refractivity contribution in [2.45, 2.75) is 186 Å². The molecule has 9 nitrogen and oxygen atoms in total. The second-order valence-corrected chi connectivity index (χ2v) is 27.6. The van der Waals surface area contributed by atoms with Crippen LogP contribution in [0.25, 0.3) is 0 Å². The lowest BCUT2D eigenvalue weighted by molar-refractivity contribution is -0.363. The number of cyclic esters (lactones) is 1. The molecule has 6 fully saturated rings. The standard InChI is InChI=1S/C61H84N2O7S2/c1-5-6-9-19-44-33-49-50(34-44)62-63-59-40-56(3)26-14-27-58(55(67)70-59)36-45(31-42-15-10-7-11-16-42)21-22-48(58)39-72-71-38-47(32-43-17-12-8-13-18-43)30-41(2)20-23-51(64)61(52(65)25-28-57(49,4)54(59)61)60(56,68)29-24-46-35-53(66)69-37-46/h7-8,10-13,15-18,35,41,44-45,47-52,54,62-65,68H,5-6,9,19-25,27-34,36-40H2,1-4H3. The van der Waals surface area contributed by atoms with Crippen LogP contribution in [-0.2, 0) is 31.9 Å². The zero-order valence-corrected chi connectivity index (χ0v) is 45.3. The van der Waals surface area contributed by atoms with E-state index >= 15 is 4.79 Å². The maximum absolute atomic E-state index is 16.5. The van der Waals surface area contributed by atoms with Crippen molar-refractivity contribution in [2.75, 3.05) is 18.1 Å². The minimum atomic E-state index is -1.79. The number of aliphatic hydroxyl groups excluding tert-OH is 2. The lowest BCUT2D eigenvalue weighted by Crippen LogP contribution is -2.84. The predicted octanol–water partition coefficient (Wildman–Crippen LogP) is 11.0. The molecule has 2 saturated heterocycles. The van der Waals surface area contributed by atoms with E-state index in [0.29, 0.717) is 56.8 Å². The number of hydrazine groups is 1. The number of hydrogen-bond acceptors (Lipinski definition) is 11. The van der Waals surface area contributed by atoms with Gasteiger partial charge in [-0.1, -0.05) is 135 Å². The number of nitrogens with one attached hydrogen (secondary N) is 2. The van der Waals surface area contributed by atoms with Crippen molar-refractivity contribution in [1.82, 2.24) is 10.9 Å². The highest BCUT2D eigenvalue weighted by molar-refractivity contribution is 8.76. The maximum Gasteiger partial charge on any atom is 0.331 e. The number of ether oxygens (including phenoxy) is 2. The van der Waals surface area contributed by atoms with Gasteiger partial charge in [0.25, 0.3) is 0 Å². The summed E-state index contributed by atoms with van der Waals surface area (Å²) in [6, 6.07) is 21.5. The Hall–Kier alpha value is -2.82. The molecule has 10 rings (SSSR count). The van der Waals surface area contributed by atoms with Crippen LogP contribution >= 0.6 is 21.6 Å². The molecule has 8 aliphatic rings. The summed E-state index contributed by atoms with van der Waals surface area (Å²) >= 11 is 0. The van der Waals surface area contributed by atoms with Gasteiger partial charge in [0.1, 0.15) is 6.61 Å². The molecule has 4 heterocycles. The Morgan fingerprint density at radius 3 is 2.28 bits per heavy atom. The number of esters is 2. The second kappa shape index (κ2) is 21.3. The van der Waals surface area contributed by atoms with Gasteiger partial charge in [-0.2, -0.15) is 0 Å². The molecule has 4 aliphatic carbocycles. The minimum absolute atomic E-state index is 0.000406. The minimum Gasteiger partial charge on any atom is -0.458 e. The zero-order valence-electron chi connectivity index (χ0n) is 43.7. The van der Waals surface area contributed by atoms with Crippen LogP contribution in [0.3, 0.4) is 0 Å². The van der Waals surface area contributed by atoms with Gasteiger partial charge in [-0.25, -0.2) is 10.2 Å². The predicted molar refractivity (Wildman–Crippen MR) is 288 cm³/mol. The first-order valence-corrected chi connectivity index (χ1v) is 30.7. The van der Waals surface area contributed by atoms with Gasteiger partial charge < -0.3 is 24.8 Å². The van der Waals surface area contributed by atoms with Gasteiger partial charge in [0.05, 0.1) is 34.1 Å². The van der Waals surface area contributed by atoms with Gasteiger partial charge in [-0.15, -0.1) is 5.92 Å². The Balaban J connectivity index is 1.16. The van der Waals surface area contributed by atoms with E-state index in [1.165, 1.54) is 30.4 Å². The molecule has 4 bridgehead atoms. The smallest absolute Gasteiger partial charge is 0.331 e. The Labute approximate surface area is 438 Å². The summed E-state index contributed by atoms with van der Waals surface area (Å²) < 4.78 is 13.1. The van der Waals surface area contributed by atoms with Gasteiger partial charge in [0.15, 0.2) is 5.72 Å². The van der Waals surface area contributed by atoms with Crippen LogP contribution in [0.5, 0.6) is 0 Å². The van der Waals surface area contributed by atoms with Crippen LogP contribution in [0.2, 0.25) is 0 Å². The number of fused-ring (bicyclic) bond motifs is 4. The Morgan fingerprint density at radius 2 is 1.56 bits per heavy atom. The van der Waals surface area contributed by atoms with Gasteiger partial charge in [-0.3, -0.25) is 10.2 Å². The Bertz CT molecular complexity index is 2340. The number of rotatable bonds is 11. The first-order chi connectivity index (χ1) is 34.7. The molecule has 2 spiro atoms. The third kappa shape index (κ3) is 9.48. The second-order valence-electron chi connectivity index (χ2n) is 25.0. The van der Waals surface area contributed by atoms with Crippen molar-refractivity contribution in [3.63, 3.8) is 0 Å². The Kier molecular flexibility index (Phi) is 15.6. The van der Waals surface area contributed by atoms with Crippen LogP contribution in [-0.4, -0.2) is 74.9 Å². The van der Waals surface area contributed by atoms with Crippen molar-refractivity contribution < 1.29 is 34.4 Å². The van der Waals surface area contributed by atoms with E-state index in [9.17, 15) is 20.1 Å². The SMILES string of the molecule is CCCCCC1CC2NNC34CC5(C)C#CCC6(CC(Cc7ccccc7)CCC6CSSCC(Cc6ccccc6)CC(C)CCC(O)C6(C(O)CCC(C)(C2C1)C36)C5(O)CCC1=CC(=O)OC1)C(=O)O4. The highest BCUT2D eigenvalue weighted by atomic mass is 33.1. The molecule has 4 saturated carbocycles. The monoisotopic (exact) mass is 1020 g/mol. The molecular weight excluding hydrogens is 937 g/mol. The fourth-order valence-corrected chi connectivity index (χ4v) is 20.1. The first-order valence-electron chi connectivity index (χ1n) is 28.2. The number of aliphatic hydroxyl groups is 3. The third-order valence-corrected chi connectivity index (χ3v) is 23.1. The van der Waals surface area contributed by atoms with Crippen LogP contribution in [0.4, 0.5) is 0 Å². The molecule has 16 unspecified atom stereocenters. The van der Waals surface area contributed by atoms with Gasteiger partial charge in [0.2, 0.25) is 0 Å². The quantitative estimate of drug-likeness (QED) is 0.0637. The van der Waals surface area contributed by atoms with E-state index in [1.54, 1.807) is 6.08 Å². The van der Waals surface area contributed by atoms with E-state index < -0.39 is 51.1 Å². The third-order valence-electron chi connectivity index (χ3n) is 20.5. The van der Waals surface area contributed by atoms with E-state index in [0.717, 1.165) is 68.4 Å². The summed E-state index contributed by atoms with van der Waals surface area (Å²) in [5.41, 5.74) is 3.55. The molecule has 392 valence electrons. The highest BCUT2D eigenvalue weighted by Crippen LogP contribution is 2.75. The first kappa shape index (κ1) is 52.6. The zero-order chi connectivity index (χ0) is 50.4. The number of carbonyl (C=O) groups excluding carboxylic acids is 2. The molecule has 5 N–H and O–H groups in total. The van der Waals surface area contributed by atoms with Crippen molar-refractivity contribution >= 4 is 33.5 Å². The summed E-state index contributed by atoms with van der Waals surface area (Å²) in [4.78, 5) is 29.1. The topological polar surface area (TPSA) is 137 Å². The number of benzene rings is 2. The van der Waals surface area contributed by atoms with Crippen LogP contribution in [0.15, 0.2) is 72.3 Å². The maximum atomic E-state index is 16.5. The summed E-state index contributed by atoms with van der Waals surface area (Å²) in [7, 11) is 3.86. The normalized spacial score (nSPS) is 43.0. The molecule has 4 aliphatic heterocycles. The van der Waals surface area contributed by atoms with Crippen LogP contribution in [0.1, 0.15) is 154 Å². The summed E-state index contributed by atoms with van der Waals surface area (Å²) in [6.45, 7) is 9.12. The average molecular weight is 1020 g/mol. The van der Waals surface area contributed by atoms with E-state index in [1.807, 2.05) is 28.5 Å². The Morgan fingerprint density at radius 1 is 0.833 bits per heavy atom. The van der Waals surface area contributed by atoms with E-state index in [4.69, 9.17) is 9.47 Å². The van der Waals surface area contributed by atoms with E-state index in [2.05, 4.69) is 104 Å². The highest BCUT2D eigenvalue weighted by Gasteiger charge is 2.83. The molecule has 0 amide bonds. The van der Waals surface area contributed by atoms with Gasteiger partial charge in [0, 0.05) is 42.4 Å². The van der Waals surface area contributed by atoms with Crippen molar-refractivity contribution in [1.29, 1.82) is 0 Å². The molecule has 0 radical (unpaired) electrons. The van der Waals surface area contributed by atoms with Gasteiger partial charge in [-0.05, 0) is 154 Å². The van der Waals surface area contributed by atoms with Crippen molar-refractivity contribution in [3.8, 4) is 11.8 Å². The van der Waals surface area contributed by atoms with Crippen molar-refractivity contribution in [3.05, 3.63) is 83.4 Å². The fourth-order valence-electron chi connectivity index (χ4n) is 17.1. The molecule has 2 aromatic carbocycles. The molecule has 16 atom stereocenters. The lowest BCUT2D eigenvalue weighted by atomic mass is 9.34. The molecule has 2 aromatic rings. The number of carbonyl (C=O) groups is 2. The summed E-state index contributed by atoms with van der Waals surface area (Å²) in [5.74, 6) is 9.47. The van der Waals surface area contributed by atoms with Crippen LogP contribution in [0, 0.1) is 74.9 Å². The largest absolute Gasteiger partial charge is 0.458 e. The average Bonchev–Trinajstić information content (AvgIpc) is 3.98. The molecular formula is C61H84N2O7S2. The molecule has 0 aromatic heterocycles.